The van der Waals surface area contributed by atoms with Gasteiger partial charge in [-0.05, 0) is 30.3 Å². The predicted octanol–water partition coefficient (Wildman–Crippen LogP) is 1.99. The zero-order valence-corrected chi connectivity index (χ0v) is 7.96. The molecule has 0 unspecified atom stereocenters. The normalized spacial score (nSPS) is 14.1. The molecule has 0 rings (SSSR count). The summed E-state index contributed by atoms with van der Waals surface area (Å²) in [6, 6.07) is 0. The summed E-state index contributed by atoms with van der Waals surface area (Å²) in [6.45, 7) is 9.11. The van der Waals surface area contributed by atoms with E-state index >= 15 is 0 Å². The van der Waals surface area contributed by atoms with Gasteiger partial charge in [-0.25, -0.2) is 0 Å². The third kappa shape index (κ3) is 4.01. The van der Waals surface area contributed by atoms with Crippen molar-refractivity contribution < 1.29 is 0 Å². The minimum absolute atomic E-state index is 0.633. The monoisotopic (exact) mass is 176 g/mol. The van der Waals surface area contributed by atoms with E-state index in [0.717, 1.165) is 11.1 Å². The van der Waals surface area contributed by atoms with E-state index in [9.17, 15) is 0 Å². The van der Waals surface area contributed by atoms with Gasteiger partial charge in [-0.3, -0.25) is 0 Å². The summed E-state index contributed by atoms with van der Waals surface area (Å²) in [7, 11) is 0. The Bertz CT molecular complexity index is 280. The minimum Gasteiger partial charge on any atom is -0.404 e. The summed E-state index contributed by atoms with van der Waals surface area (Å²) in [6.07, 6.45) is 8.43. The van der Waals surface area contributed by atoms with Crippen LogP contribution >= 0.6 is 0 Å². The van der Waals surface area contributed by atoms with Crippen LogP contribution in [-0.2, 0) is 0 Å². The summed E-state index contributed by atoms with van der Waals surface area (Å²) in [5.41, 5.74) is 13.5. The lowest BCUT2D eigenvalue weighted by Crippen LogP contribution is -1.99. The average molecular weight is 176 g/mol. The van der Waals surface area contributed by atoms with Gasteiger partial charge >= 0.3 is 0 Å². The van der Waals surface area contributed by atoms with Crippen molar-refractivity contribution in [1.82, 2.24) is 0 Å². The lowest BCUT2D eigenvalue weighted by Gasteiger charge is -2.01. The number of allylic oxidation sites excluding steroid dienone is 5. The van der Waals surface area contributed by atoms with Crippen LogP contribution in [0.1, 0.15) is 6.92 Å². The van der Waals surface area contributed by atoms with E-state index in [4.69, 9.17) is 11.5 Å². The van der Waals surface area contributed by atoms with Gasteiger partial charge in [0.2, 0.25) is 0 Å². The predicted molar refractivity (Wildman–Crippen MR) is 58.7 cm³/mol. The van der Waals surface area contributed by atoms with Gasteiger partial charge in [0.15, 0.2) is 0 Å². The van der Waals surface area contributed by atoms with Crippen molar-refractivity contribution in [3.8, 4) is 0 Å². The zero-order chi connectivity index (χ0) is 10.3. The first-order valence-corrected chi connectivity index (χ1v) is 3.97. The van der Waals surface area contributed by atoms with Crippen LogP contribution < -0.4 is 11.5 Å². The van der Waals surface area contributed by atoms with Crippen LogP contribution in [0.4, 0.5) is 0 Å². The van der Waals surface area contributed by atoms with Crippen molar-refractivity contribution in [1.29, 1.82) is 0 Å². The molecule has 0 bridgehead atoms. The van der Waals surface area contributed by atoms with Crippen molar-refractivity contribution in [2.75, 3.05) is 0 Å². The van der Waals surface area contributed by atoms with Gasteiger partial charge in [-0.15, -0.1) is 0 Å². The third-order valence-electron chi connectivity index (χ3n) is 1.50. The maximum Gasteiger partial charge on any atom is 0.0390 e. The molecule has 0 atom stereocenters. The lowest BCUT2D eigenvalue weighted by atomic mass is 10.1. The molecule has 0 aromatic rings. The Balaban J connectivity index is 4.84. The van der Waals surface area contributed by atoms with Crippen LogP contribution in [0.2, 0.25) is 0 Å². The molecule has 2 nitrogen and oxygen atoms in total. The molecule has 0 aromatic carbocycles. The minimum atomic E-state index is 0.633. The lowest BCUT2D eigenvalue weighted by molar-refractivity contribution is 1.31. The molecule has 0 aliphatic carbocycles. The molecule has 0 spiro atoms. The second-order valence-corrected chi connectivity index (χ2v) is 2.57. The van der Waals surface area contributed by atoms with Crippen molar-refractivity contribution in [2.45, 2.75) is 6.92 Å². The molecule has 4 N–H and O–H groups in total. The topological polar surface area (TPSA) is 52.0 Å². The Hall–Kier alpha value is -1.70. The summed E-state index contributed by atoms with van der Waals surface area (Å²) < 4.78 is 0. The highest BCUT2D eigenvalue weighted by Gasteiger charge is 1.94. The largest absolute Gasteiger partial charge is 0.404 e. The first-order valence-electron chi connectivity index (χ1n) is 3.97. The Morgan fingerprint density at radius 3 is 2.31 bits per heavy atom. The Morgan fingerprint density at radius 2 is 1.92 bits per heavy atom. The summed E-state index contributed by atoms with van der Waals surface area (Å²) in [5.74, 6) is 0. The maximum atomic E-state index is 5.77. The third-order valence-corrected chi connectivity index (χ3v) is 1.50. The molecule has 0 aliphatic rings. The van der Waals surface area contributed by atoms with Crippen molar-refractivity contribution in [3.05, 3.63) is 60.5 Å². The standard InChI is InChI=1S/C11H16N2/c1-4-6-10(5-2)11(13)7-9(3)8-12/h4-8H,1-2,12-13H2,3H3/b9-8-,10-6+,11-7-. The fourth-order valence-corrected chi connectivity index (χ4v) is 0.786. The van der Waals surface area contributed by atoms with Gasteiger partial charge in [-0.1, -0.05) is 31.4 Å². The fraction of sp³-hybridized carbons (Fsp3) is 0.0909. The number of nitrogens with two attached hydrogens (primary N) is 2. The van der Waals surface area contributed by atoms with Crippen LogP contribution in [0.15, 0.2) is 60.5 Å². The van der Waals surface area contributed by atoms with Gasteiger partial charge in [0.05, 0.1) is 0 Å². The molecule has 0 radical (unpaired) electrons. The van der Waals surface area contributed by atoms with Crippen LogP contribution in [0.25, 0.3) is 0 Å². The number of rotatable bonds is 4. The second kappa shape index (κ2) is 5.89. The first-order chi connectivity index (χ1) is 6.15. The van der Waals surface area contributed by atoms with Gasteiger partial charge in [-0.2, -0.15) is 0 Å². The first kappa shape index (κ1) is 11.3. The molecule has 0 aromatic heterocycles. The van der Waals surface area contributed by atoms with Crippen LogP contribution in [-0.4, -0.2) is 0 Å². The molecule has 0 saturated heterocycles. The van der Waals surface area contributed by atoms with E-state index in [1.165, 1.54) is 6.20 Å². The van der Waals surface area contributed by atoms with Gasteiger partial charge in [0.1, 0.15) is 0 Å². The van der Waals surface area contributed by atoms with Crippen LogP contribution in [0.5, 0.6) is 0 Å². The van der Waals surface area contributed by atoms with Gasteiger partial charge in [0.25, 0.3) is 0 Å². The summed E-state index contributed by atoms with van der Waals surface area (Å²) in [5, 5.41) is 0. The Morgan fingerprint density at radius 1 is 1.31 bits per heavy atom. The maximum absolute atomic E-state index is 5.77. The van der Waals surface area contributed by atoms with E-state index in [2.05, 4.69) is 13.2 Å². The highest BCUT2D eigenvalue weighted by molar-refractivity contribution is 5.42. The molecule has 13 heavy (non-hydrogen) atoms. The number of hydrogen-bond donors (Lipinski definition) is 2. The molecule has 70 valence electrons. The molecule has 0 fully saturated rings. The number of hydrogen-bond acceptors (Lipinski definition) is 2. The van der Waals surface area contributed by atoms with Crippen molar-refractivity contribution in [2.24, 2.45) is 11.5 Å². The van der Waals surface area contributed by atoms with E-state index in [0.29, 0.717) is 5.70 Å². The highest BCUT2D eigenvalue weighted by Crippen LogP contribution is 2.07. The zero-order valence-electron chi connectivity index (χ0n) is 7.96. The quantitative estimate of drug-likeness (QED) is 0.643. The molecular formula is C11H16N2. The van der Waals surface area contributed by atoms with Gasteiger partial charge < -0.3 is 11.5 Å². The second-order valence-electron chi connectivity index (χ2n) is 2.57. The van der Waals surface area contributed by atoms with E-state index < -0.39 is 0 Å². The molecular weight excluding hydrogens is 160 g/mol. The Kier molecular flexibility index (Phi) is 5.12. The molecule has 0 amide bonds. The van der Waals surface area contributed by atoms with Crippen molar-refractivity contribution in [3.63, 3.8) is 0 Å². The summed E-state index contributed by atoms with van der Waals surface area (Å²) >= 11 is 0. The SMILES string of the molecule is C=C/C=C(C=C)/C(N)=C/C(C)=C\N. The highest BCUT2D eigenvalue weighted by atomic mass is 14.6. The van der Waals surface area contributed by atoms with Crippen LogP contribution in [0.3, 0.4) is 0 Å². The van der Waals surface area contributed by atoms with E-state index in [1.54, 1.807) is 24.3 Å². The Labute approximate surface area is 79.6 Å². The van der Waals surface area contributed by atoms with Crippen LogP contribution in [0, 0.1) is 0 Å². The summed E-state index contributed by atoms with van der Waals surface area (Å²) in [4.78, 5) is 0. The van der Waals surface area contributed by atoms with E-state index in [-0.39, 0.29) is 0 Å². The average Bonchev–Trinajstić information content (AvgIpc) is 2.13. The molecule has 2 heteroatoms. The molecule has 0 aliphatic heterocycles. The molecule has 0 heterocycles. The molecule has 0 saturated carbocycles. The van der Waals surface area contributed by atoms with E-state index in [1.807, 2.05) is 6.92 Å². The smallest absolute Gasteiger partial charge is 0.0390 e. The van der Waals surface area contributed by atoms with Crippen molar-refractivity contribution >= 4 is 0 Å². The van der Waals surface area contributed by atoms with Gasteiger partial charge in [0, 0.05) is 5.70 Å². The fourth-order valence-electron chi connectivity index (χ4n) is 0.786.